The Labute approximate surface area is 180 Å². The van der Waals surface area contributed by atoms with Crippen LogP contribution in [0, 0.1) is 0 Å². The van der Waals surface area contributed by atoms with Crippen LogP contribution in [0.4, 0.5) is 29.3 Å². The summed E-state index contributed by atoms with van der Waals surface area (Å²) < 4.78 is 45.4. The lowest BCUT2D eigenvalue weighted by Gasteiger charge is -2.10. The minimum atomic E-state index is -4.43. The van der Waals surface area contributed by atoms with Gasteiger partial charge in [0.2, 0.25) is 5.88 Å². The first-order valence-corrected chi connectivity index (χ1v) is 9.35. The van der Waals surface area contributed by atoms with Crippen molar-refractivity contribution in [1.29, 1.82) is 0 Å². The van der Waals surface area contributed by atoms with Gasteiger partial charge in [-0.05, 0) is 60.7 Å². The summed E-state index contributed by atoms with van der Waals surface area (Å²) in [5.74, 6) is 1.50. The summed E-state index contributed by atoms with van der Waals surface area (Å²) in [6, 6.07) is 15.5. The highest BCUT2D eigenvalue weighted by Crippen LogP contribution is 2.30. The van der Waals surface area contributed by atoms with Crippen LogP contribution in [-0.4, -0.2) is 20.6 Å². The van der Waals surface area contributed by atoms with E-state index in [9.17, 15) is 18.0 Å². The van der Waals surface area contributed by atoms with E-state index in [4.69, 9.17) is 4.74 Å². The van der Waals surface area contributed by atoms with Crippen molar-refractivity contribution in [2.24, 2.45) is 0 Å². The lowest BCUT2D eigenvalue weighted by molar-refractivity contribution is -0.137. The fraction of sp³-hybridized carbons (Fsp3) is 0.0455. The quantitative estimate of drug-likeness (QED) is 0.417. The third-order valence-corrected chi connectivity index (χ3v) is 4.30. The lowest BCUT2D eigenvalue weighted by Crippen LogP contribution is -2.19. The lowest BCUT2D eigenvalue weighted by atomic mass is 10.2. The molecule has 162 valence electrons. The van der Waals surface area contributed by atoms with E-state index >= 15 is 0 Å². The first kappa shape index (κ1) is 20.9. The predicted octanol–water partition coefficient (Wildman–Crippen LogP) is 5.72. The molecular weight excluding hydrogens is 423 g/mol. The van der Waals surface area contributed by atoms with Crippen LogP contribution in [0.3, 0.4) is 0 Å². The van der Waals surface area contributed by atoms with Crippen LogP contribution in [0.1, 0.15) is 5.56 Å². The molecule has 32 heavy (non-hydrogen) atoms. The van der Waals surface area contributed by atoms with E-state index in [0.29, 0.717) is 23.1 Å². The van der Waals surface area contributed by atoms with Crippen LogP contribution < -0.4 is 15.4 Å². The Morgan fingerprint density at radius 1 is 0.875 bits per heavy atom. The number of aromatic nitrogens is 3. The van der Waals surface area contributed by atoms with Gasteiger partial charge in [-0.2, -0.15) is 13.2 Å². The Hall–Kier alpha value is -4.34. The molecule has 0 radical (unpaired) electrons. The number of ether oxygens (including phenoxy) is 1. The molecule has 10 heteroatoms. The van der Waals surface area contributed by atoms with Gasteiger partial charge in [0, 0.05) is 29.8 Å². The van der Waals surface area contributed by atoms with E-state index in [1.54, 1.807) is 30.3 Å². The average molecular weight is 439 g/mol. The molecule has 2 heterocycles. The first-order chi connectivity index (χ1) is 15.4. The first-order valence-electron chi connectivity index (χ1n) is 9.35. The van der Waals surface area contributed by atoms with Crippen LogP contribution in [0.5, 0.6) is 11.6 Å². The zero-order valence-electron chi connectivity index (χ0n) is 16.4. The number of carbonyl (C=O) groups excluding carboxylic acids is 1. The van der Waals surface area contributed by atoms with Crippen molar-refractivity contribution in [3.63, 3.8) is 0 Å². The monoisotopic (exact) mass is 439 g/mol. The van der Waals surface area contributed by atoms with Gasteiger partial charge in [0.05, 0.1) is 5.56 Å². The van der Waals surface area contributed by atoms with Crippen molar-refractivity contribution in [2.45, 2.75) is 6.18 Å². The number of amides is 2. The highest BCUT2D eigenvalue weighted by Gasteiger charge is 2.29. The summed E-state index contributed by atoms with van der Waals surface area (Å²) in [6.07, 6.45) is 0.664. The minimum Gasteiger partial charge on any atom is -0.439 e. The molecule has 0 aliphatic rings. The third kappa shape index (κ3) is 5.22. The van der Waals surface area contributed by atoms with Crippen LogP contribution in [0.25, 0.3) is 5.82 Å². The molecule has 0 fully saturated rings. The maximum atomic E-state index is 12.6. The molecule has 0 bridgehead atoms. The van der Waals surface area contributed by atoms with Gasteiger partial charge in [-0.1, -0.05) is 0 Å². The Balaban J connectivity index is 1.35. The molecule has 7 nitrogen and oxygen atoms in total. The number of benzene rings is 2. The zero-order valence-corrected chi connectivity index (χ0v) is 16.4. The summed E-state index contributed by atoms with van der Waals surface area (Å²) in [5, 5.41) is 5.07. The second kappa shape index (κ2) is 8.80. The zero-order chi connectivity index (χ0) is 22.6. The summed E-state index contributed by atoms with van der Waals surface area (Å²) in [4.78, 5) is 20.4. The fourth-order valence-electron chi connectivity index (χ4n) is 2.78. The van der Waals surface area contributed by atoms with Crippen molar-refractivity contribution in [3.8, 4) is 17.4 Å². The van der Waals surface area contributed by atoms with Crippen LogP contribution >= 0.6 is 0 Å². The number of halogens is 3. The number of urea groups is 1. The summed E-state index contributed by atoms with van der Waals surface area (Å²) in [6.45, 7) is 0. The van der Waals surface area contributed by atoms with Gasteiger partial charge in [-0.25, -0.2) is 14.8 Å². The van der Waals surface area contributed by atoms with E-state index in [2.05, 4.69) is 20.6 Å². The fourth-order valence-corrected chi connectivity index (χ4v) is 2.78. The molecular formula is C22H16F3N5O2. The van der Waals surface area contributed by atoms with E-state index in [-0.39, 0.29) is 5.69 Å². The number of alkyl halides is 3. The van der Waals surface area contributed by atoms with Crippen molar-refractivity contribution in [1.82, 2.24) is 14.5 Å². The van der Waals surface area contributed by atoms with Crippen LogP contribution in [0.15, 0.2) is 85.5 Å². The second-order valence-corrected chi connectivity index (χ2v) is 6.59. The SMILES string of the molecule is O=C(Nc1ccc(Oc2cc(-n3cccc3)ncn2)cc1)Nc1ccc(C(F)(F)F)cc1. The van der Waals surface area contributed by atoms with Crippen LogP contribution in [-0.2, 0) is 6.18 Å². The van der Waals surface area contributed by atoms with Crippen molar-refractivity contribution >= 4 is 17.4 Å². The number of hydrogen-bond acceptors (Lipinski definition) is 4. The maximum absolute atomic E-state index is 12.6. The topological polar surface area (TPSA) is 81.1 Å². The van der Waals surface area contributed by atoms with Crippen LogP contribution in [0.2, 0.25) is 0 Å². The third-order valence-electron chi connectivity index (χ3n) is 4.30. The van der Waals surface area contributed by atoms with Gasteiger partial charge in [0.15, 0.2) is 0 Å². The molecule has 0 spiro atoms. The molecule has 2 aromatic heterocycles. The molecule has 2 N–H and O–H groups in total. The molecule has 0 unspecified atom stereocenters. The Morgan fingerprint density at radius 2 is 1.47 bits per heavy atom. The number of nitrogens with zero attached hydrogens (tertiary/aromatic N) is 3. The molecule has 0 saturated heterocycles. The second-order valence-electron chi connectivity index (χ2n) is 6.59. The smallest absolute Gasteiger partial charge is 0.416 e. The van der Waals surface area contributed by atoms with Gasteiger partial charge < -0.3 is 19.9 Å². The maximum Gasteiger partial charge on any atom is 0.416 e. The summed E-state index contributed by atoms with van der Waals surface area (Å²) >= 11 is 0. The number of anilines is 2. The van der Waals surface area contributed by atoms with Gasteiger partial charge >= 0.3 is 12.2 Å². The van der Waals surface area contributed by atoms with Gasteiger partial charge in [-0.3, -0.25) is 0 Å². The van der Waals surface area contributed by atoms with Gasteiger partial charge in [0.25, 0.3) is 0 Å². The average Bonchev–Trinajstić information content (AvgIpc) is 3.30. The Kier molecular flexibility index (Phi) is 5.75. The number of nitrogens with one attached hydrogen (secondary N) is 2. The van der Waals surface area contributed by atoms with E-state index in [1.165, 1.54) is 18.5 Å². The molecule has 0 aliphatic carbocycles. The molecule has 0 aliphatic heterocycles. The van der Waals surface area contributed by atoms with Gasteiger partial charge in [0.1, 0.15) is 17.9 Å². The van der Waals surface area contributed by atoms with Crippen molar-refractivity contribution in [2.75, 3.05) is 10.6 Å². The predicted molar refractivity (Wildman–Crippen MR) is 112 cm³/mol. The van der Waals surface area contributed by atoms with Gasteiger partial charge in [-0.15, -0.1) is 0 Å². The minimum absolute atomic E-state index is 0.234. The molecule has 2 amide bonds. The Morgan fingerprint density at radius 3 is 2.06 bits per heavy atom. The van der Waals surface area contributed by atoms with E-state index in [0.717, 1.165) is 12.1 Å². The largest absolute Gasteiger partial charge is 0.439 e. The van der Waals surface area contributed by atoms with Crippen molar-refractivity contribution < 1.29 is 22.7 Å². The number of carbonyl (C=O) groups is 1. The normalized spacial score (nSPS) is 11.1. The van der Waals surface area contributed by atoms with E-state index in [1.807, 2.05) is 29.1 Å². The molecule has 0 saturated carbocycles. The highest BCUT2D eigenvalue weighted by atomic mass is 19.4. The number of rotatable bonds is 5. The standard InChI is InChI=1S/C22H16F3N5O2/c23-22(24,25)15-3-5-16(6-4-15)28-21(31)29-17-7-9-18(10-8-17)32-20-13-19(26-14-27-20)30-11-1-2-12-30/h1-14H,(H2,28,29,31). The van der Waals surface area contributed by atoms with Crippen molar-refractivity contribution in [3.05, 3.63) is 91.0 Å². The summed E-state index contributed by atoms with van der Waals surface area (Å²) in [5.41, 5.74) is -0.0848. The molecule has 4 aromatic rings. The molecule has 4 rings (SSSR count). The molecule has 2 aromatic carbocycles. The van der Waals surface area contributed by atoms with E-state index < -0.39 is 17.8 Å². The Bertz CT molecular complexity index is 1190. The highest BCUT2D eigenvalue weighted by molar-refractivity contribution is 5.99. The molecule has 0 atom stereocenters. The number of hydrogen-bond donors (Lipinski definition) is 2. The summed E-state index contributed by atoms with van der Waals surface area (Å²) in [7, 11) is 0.